The van der Waals surface area contributed by atoms with Gasteiger partial charge in [-0.2, -0.15) is 0 Å². The van der Waals surface area contributed by atoms with E-state index < -0.39 is 23.5 Å². The first-order chi connectivity index (χ1) is 20.5. The van der Waals surface area contributed by atoms with E-state index in [-0.39, 0.29) is 29.6 Å². The lowest BCUT2D eigenvalue weighted by Crippen LogP contribution is -2.54. The fourth-order valence-electron chi connectivity index (χ4n) is 9.07. The number of hydrogen-bond donors (Lipinski definition) is 5. The fraction of sp³-hybridized carbons (Fsp3) is 0.559. The van der Waals surface area contributed by atoms with Gasteiger partial charge in [0.2, 0.25) is 0 Å². The molecule has 0 aliphatic heterocycles. The van der Waals surface area contributed by atoms with E-state index in [0.717, 1.165) is 61.6 Å². The number of nitrogens with one attached hydrogen (secondary N) is 2. The number of phenols is 1. The van der Waals surface area contributed by atoms with Crippen molar-refractivity contribution in [2.24, 2.45) is 33.7 Å². The Morgan fingerprint density at radius 1 is 1.19 bits per heavy atom. The van der Waals surface area contributed by atoms with Gasteiger partial charge in [0.1, 0.15) is 17.4 Å². The van der Waals surface area contributed by atoms with Crippen molar-refractivity contribution < 1.29 is 29.7 Å². The molecule has 0 radical (unpaired) electrons. The van der Waals surface area contributed by atoms with Crippen LogP contribution in [0.5, 0.6) is 5.75 Å². The molecular formula is C34H41N3O6. The van der Waals surface area contributed by atoms with E-state index in [4.69, 9.17) is 11.3 Å². The molecule has 9 heteroatoms. The lowest BCUT2D eigenvalue weighted by atomic mass is 9.46. The van der Waals surface area contributed by atoms with Crippen LogP contribution in [0.4, 0.5) is 0 Å². The van der Waals surface area contributed by atoms with Crippen LogP contribution in [0.15, 0.2) is 41.2 Å². The van der Waals surface area contributed by atoms with Crippen LogP contribution in [-0.2, 0) is 20.8 Å². The minimum absolute atomic E-state index is 0.0767. The molecule has 4 aliphatic carbocycles. The Bertz CT molecular complexity index is 1550. The number of H-pyrrole nitrogens is 1. The van der Waals surface area contributed by atoms with Crippen molar-refractivity contribution in [3.05, 3.63) is 41.6 Å². The molecule has 1 aromatic carbocycles. The number of carboxylic acids is 1. The highest BCUT2D eigenvalue weighted by atomic mass is 16.6. The second-order valence-electron chi connectivity index (χ2n) is 13.6. The van der Waals surface area contributed by atoms with Crippen molar-refractivity contribution in [2.75, 3.05) is 6.61 Å². The first-order valence-corrected chi connectivity index (χ1v) is 15.4. The normalized spacial score (nSPS) is 34.8. The van der Waals surface area contributed by atoms with Crippen molar-refractivity contribution >= 4 is 28.5 Å². The highest BCUT2D eigenvalue weighted by Crippen LogP contribution is 2.67. The highest BCUT2D eigenvalue weighted by Gasteiger charge is 2.63. The van der Waals surface area contributed by atoms with Gasteiger partial charge in [-0.15, -0.1) is 6.42 Å². The zero-order chi connectivity index (χ0) is 30.6. The summed E-state index contributed by atoms with van der Waals surface area (Å²) in [5, 5.41) is 38.2. The van der Waals surface area contributed by atoms with Crippen LogP contribution in [0, 0.1) is 40.9 Å². The van der Waals surface area contributed by atoms with Crippen LogP contribution in [0.1, 0.15) is 70.8 Å². The zero-order valence-corrected chi connectivity index (χ0v) is 24.9. The van der Waals surface area contributed by atoms with Gasteiger partial charge in [0.15, 0.2) is 6.61 Å². The van der Waals surface area contributed by atoms with Crippen LogP contribution in [0.3, 0.4) is 0 Å². The number of aliphatic hydroxyl groups is 1. The molecule has 228 valence electrons. The van der Waals surface area contributed by atoms with Crippen LogP contribution < -0.4 is 5.32 Å². The van der Waals surface area contributed by atoms with Crippen LogP contribution in [0.25, 0.3) is 10.9 Å². The lowest BCUT2D eigenvalue weighted by Gasteiger charge is -2.58. The number of carbonyl (C=O) groups excluding carboxylic acids is 1. The Labute approximate surface area is 251 Å². The summed E-state index contributed by atoms with van der Waals surface area (Å²) >= 11 is 0. The predicted octanol–water partition coefficient (Wildman–Crippen LogP) is 4.69. The number of oxime groups is 1. The maximum Gasteiger partial charge on any atom is 0.326 e. The molecule has 9 nitrogen and oxygen atoms in total. The number of aromatic nitrogens is 1. The largest absolute Gasteiger partial charge is 0.508 e. The summed E-state index contributed by atoms with van der Waals surface area (Å²) < 4.78 is 0. The van der Waals surface area contributed by atoms with Crippen molar-refractivity contribution in [2.45, 2.75) is 83.3 Å². The molecule has 6 rings (SSSR count). The van der Waals surface area contributed by atoms with E-state index in [2.05, 4.69) is 41.3 Å². The van der Waals surface area contributed by atoms with Gasteiger partial charge in [0.05, 0.1) is 5.71 Å². The highest BCUT2D eigenvalue weighted by molar-refractivity contribution is 5.96. The molecule has 0 spiro atoms. The molecule has 2 aromatic rings. The summed E-state index contributed by atoms with van der Waals surface area (Å²) in [6, 6.07) is 3.68. The average molecular weight is 588 g/mol. The number of phenolic OH excluding ortho intramolecular Hbond substituents is 1. The minimum atomic E-state index is -1.15. The summed E-state index contributed by atoms with van der Waals surface area (Å²) in [6.45, 7) is 4.22. The number of carbonyl (C=O) groups is 2. The molecule has 4 aliphatic rings. The third kappa shape index (κ3) is 4.90. The van der Waals surface area contributed by atoms with Gasteiger partial charge in [0.25, 0.3) is 5.91 Å². The molecule has 0 saturated heterocycles. The number of aromatic amines is 1. The number of aliphatic carboxylic acids is 1. The summed E-state index contributed by atoms with van der Waals surface area (Å²) in [5.41, 5.74) is 2.46. The van der Waals surface area contributed by atoms with Crippen LogP contribution in [-0.4, -0.2) is 56.1 Å². The minimum Gasteiger partial charge on any atom is -0.508 e. The number of amides is 1. The quantitative estimate of drug-likeness (QED) is 0.235. The van der Waals surface area contributed by atoms with Gasteiger partial charge in [-0.1, -0.05) is 30.5 Å². The monoisotopic (exact) mass is 587 g/mol. The van der Waals surface area contributed by atoms with E-state index in [1.165, 1.54) is 11.6 Å². The van der Waals surface area contributed by atoms with E-state index in [9.17, 15) is 24.9 Å². The van der Waals surface area contributed by atoms with E-state index >= 15 is 0 Å². The van der Waals surface area contributed by atoms with Gasteiger partial charge in [-0.3, -0.25) is 4.79 Å². The molecule has 0 bridgehead atoms. The number of carboxylic acid groups (broad SMARTS) is 1. The van der Waals surface area contributed by atoms with Crippen molar-refractivity contribution in [3.63, 3.8) is 0 Å². The van der Waals surface area contributed by atoms with E-state index in [1.807, 2.05) is 0 Å². The average Bonchev–Trinajstić information content (AvgIpc) is 3.49. The zero-order valence-electron chi connectivity index (χ0n) is 24.9. The molecule has 4 unspecified atom stereocenters. The standard InChI is InChI=1S/C34H41N3O6/c1-4-34(42)14-11-27-25-7-5-21-16-22(9-12-32(21,2)26(25)10-13-33(27,34)3)37-43-19-30(39)36-29(31(40)41)15-20-18-35-28-17-23(38)6-8-24(20)28/h1,6,8,16-18,25-27,29,35,38,42H,5,7,9-15,19H2,2-3H3,(H,36,39)(H,40,41)/b37-22+/t25?,26?,27?,29?,32-,33-,34-/m1/s1. The third-order valence-electron chi connectivity index (χ3n) is 11.6. The Hall–Kier alpha value is -3.77. The fourth-order valence-corrected chi connectivity index (χ4v) is 9.07. The Morgan fingerprint density at radius 3 is 2.74 bits per heavy atom. The molecule has 3 saturated carbocycles. The summed E-state index contributed by atoms with van der Waals surface area (Å²) in [4.78, 5) is 32.9. The SMILES string of the molecule is C#C[C@@]1(O)CCC2C3CCC4=C/C(=N/OCC(=O)NC(Cc5c[nH]c6cc(O)ccc56)C(=O)O)CC[C@@]4(C)C3CC[C@]21C. The van der Waals surface area contributed by atoms with Gasteiger partial charge >= 0.3 is 5.97 Å². The number of rotatable bonds is 7. The molecule has 1 aromatic heterocycles. The van der Waals surface area contributed by atoms with Crippen molar-refractivity contribution in [3.8, 4) is 18.1 Å². The van der Waals surface area contributed by atoms with Crippen molar-refractivity contribution in [1.29, 1.82) is 0 Å². The molecule has 7 atom stereocenters. The van der Waals surface area contributed by atoms with E-state index in [0.29, 0.717) is 29.7 Å². The Kier molecular flexibility index (Phi) is 7.32. The van der Waals surface area contributed by atoms with Gasteiger partial charge < -0.3 is 30.5 Å². The second-order valence-corrected chi connectivity index (χ2v) is 13.6. The lowest BCUT2D eigenvalue weighted by molar-refractivity contribution is -0.142. The Balaban J connectivity index is 1.07. The summed E-state index contributed by atoms with van der Waals surface area (Å²) in [7, 11) is 0. The second kappa shape index (κ2) is 10.7. The molecule has 1 heterocycles. The number of nitrogens with zero attached hydrogens (tertiary/aromatic N) is 1. The van der Waals surface area contributed by atoms with E-state index in [1.54, 1.807) is 18.3 Å². The number of terminal acetylenes is 1. The van der Waals surface area contributed by atoms with Gasteiger partial charge in [0, 0.05) is 35.0 Å². The maximum atomic E-state index is 12.6. The molecular weight excluding hydrogens is 546 g/mol. The number of hydrogen-bond acceptors (Lipinski definition) is 6. The summed E-state index contributed by atoms with van der Waals surface area (Å²) in [5.74, 6) is 2.71. The Morgan fingerprint density at radius 2 is 1.98 bits per heavy atom. The molecule has 5 N–H and O–H groups in total. The number of allylic oxidation sites excluding steroid dienone is 2. The van der Waals surface area contributed by atoms with Crippen LogP contribution in [0.2, 0.25) is 0 Å². The smallest absolute Gasteiger partial charge is 0.326 e. The summed E-state index contributed by atoms with van der Waals surface area (Å²) in [6.07, 6.45) is 17.2. The van der Waals surface area contributed by atoms with Gasteiger partial charge in [-0.25, -0.2) is 4.79 Å². The molecule has 3 fully saturated rings. The van der Waals surface area contributed by atoms with Gasteiger partial charge in [-0.05, 0) is 98.3 Å². The third-order valence-corrected chi connectivity index (χ3v) is 11.6. The molecule has 43 heavy (non-hydrogen) atoms. The maximum absolute atomic E-state index is 12.6. The number of aromatic hydroxyl groups is 1. The van der Waals surface area contributed by atoms with Crippen molar-refractivity contribution in [1.82, 2.24) is 10.3 Å². The first-order valence-electron chi connectivity index (χ1n) is 15.4. The van der Waals surface area contributed by atoms with Crippen LogP contribution >= 0.6 is 0 Å². The number of benzene rings is 1. The first kappa shape index (κ1) is 29.3. The predicted molar refractivity (Wildman–Crippen MR) is 162 cm³/mol. The molecule has 1 amide bonds. The number of fused-ring (bicyclic) bond motifs is 6. The topological polar surface area (TPSA) is 144 Å².